The van der Waals surface area contributed by atoms with Gasteiger partial charge in [-0.2, -0.15) is 4.31 Å². The Bertz CT molecular complexity index is 712. The summed E-state index contributed by atoms with van der Waals surface area (Å²) in [5.41, 5.74) is 2.46. The minimum absolute atomic E-state index is 0.0322. The van der Waals surface area contributed by atoms with E-state index in [4.69, 9.17) is 14.7 Å². The zero-order chi connectivity index (χ0) is 17.4. The number of hydrogen-bond donors (Lipinski definition) is 2. The van der Waals surface area contributed by atoms with Gasteiger partial charge in [0.2, 0.25) is 10.0 Å². The summed E-state index contributed by atoms with van der Waals surface area (Å²) >= 11 is 0. The molecule has 0 radical (unpaired) electrons. The van der Waals surface area contributed by atoms with E-state index in [9.17, 15) is 13.2 Å². The highest BCUT2D eigenvalue weighted by atomic mass is 32.2. The SMILES string of the molecule is Cc1ccc(S(=O)(=O)N2CC3(C[C@H]2C(=O)NO)OCCCO3)cc1. The van der Waals surface area contributed by atoms with Gasteiger partial charge in [0.05, 0.1) is 24.7 Å². The van der Waals surface area contributed by atoms with Crippen LogP contribution < -0.4 is 5.48 Å². The zero-order valence-electron chi connectivity index (χ0n) is 13.3. The van der Waals surface area contributed by atoms with E-state index in [-0.39, 0.29) is 17.9 Å². The molecule has 1 amide bonds. The summed E-state index contributed by atoms with van der Waals surface area (Å²) in [7, 11) is -3.93. The second-order valence-electron chi connectivity index (χ2n) is 6.02. The van der Waals surface area contributed by atoms with Gasteiger partial charge in [-0.1, -0.05) is 17.7 Å². The van der Waals surface area contributed by atoms with Crippen LogP contribution >= 0.6 is 0 Å². The number of amides is 1. The second-order valence-corrected chi connectivity index (χ2v) is 7.91. The molecule has 24 heavy (non-hydrogen) atoms. The van der Waals surface area contributed by atoms with E-state index in [0.717, 1.165) is 9.87 Å². The van der Waals surface area contributed by atoms with Crippen LogP contribution in [0.5, 0.6) is 0 Å². The third-order valence-corrected chi connectivity index (χ3v) is 6.18. The molecule has 2 saturated heterocycles. The van der Waals surface area contributed by atoms with E-state index < -0.39 is 27.8 Å². The van der Waals surface area contributed by atoms with Crippen LogP contribution in [0, 0.1) is 6.92 Å². The molecule has 1 aromatic rings. The van der Waals surface area contributed by atoms with Crippen LogP contribution in [0.2, 0.25) is 0 Å². The molecule has 8 nitrogen and oxygen atoms in total. The molecular weight excluding hydrogens is 336 g/mol. The maximum atomic E-state index is 13.0. The van der Waals surface area contributed by atoms with Gasteiger partial charge in [-0.15, -0.1) is 0 Å². The molecule has 2 N–H and O–H groups in total. The Hall–Kier alpha value is -1.52. The van der Waals surface area contributed by atoms with E-state index in [1.165, 1.54) is 17.6 Å². The molecule has 0 unspecified atom stereocenters. The van der Waals surface area contributed by atoms with Crippen LogP contribution in [-0.2, 0) is 24.3 Å². The summed E-state index contributed by atoms with van der Waals surface area (Å²) in [5, 5.41) is 8.97. The van der Waals surface area contributed by atoms with Gasteiger partial charge < -0.3 is 9.47 Å². The predicted molar refractivity (Wildman–Crippen MR) is 82.7 cm³/mol. The molecule has 1 spiro atoms. The first-order chi connectivity index (χ1) is 11.4. The number of nitrogens with zero attached hydrogens (tertiary/aromatic N) is 1. The largest absolute Gasteiger partial charge is 0.348 e. The number of aryl methyl sites for hydroxylation is 1. The highest BCUT2D eigenvalue weighted by molar-refractivity contribution is 7.89. The Morgan fingerprint density at radius 2 is 1.92 bits per heavy atom. The Labute approximate surface area is 140 Å². The number of hydrogen-bond acceptors (Lipinski definition) is 6. The smallest absolute Gasteiger partial charge is 0.261 e. The van der Waals surface area contributed by atoms with Gasteiger partial charge in [0.25, 0.3) is 5.91 Å². The summed E-state index contributed by atoms with van der Waals surface area (Å²) < 4.78 is 38.2. The highest BCUT2D eigenvalue weighted by Gasteiger charge is 2.54. The van der Waals surface area contributed by atoms with Gasteiger partial charge in [-0.25, -0.2) is 13.9 Å². The van der Waals surface area contributed by atoms with Crippen LogP contribution in [0.1, 0.15) is 18.4 Å². The van der Waals surface area contributed by atoms with Crippen LogP contribution in [0.15, 0.2) is 29.2 Å². The monoisotopic (exact) mass is 356 g/mol. The molecule has 2 aliphatic heterocycles. The molecule has 2 aliphatic rings. The first-order valence-corrected chi connectivity index (χ1v) is 9.12. The summed E-state index contributed by atoms with van der Waals surface area (Å²) in [6.07, 6.45) is 0.744. The number of carbonyl (C=O) groups excluding carboxylic acids is 1. The molecule has 1 atom stereocenters. The number of ether oxygens (including phenoxy) is 2. The normalized spacial score (nSPS) is 24.2. The van der Waals surface area contributed by atoms with Crippen LogP contribution in [0.25, 0.3) is 0 Å². The first-order valence-electron chi connectivity index (χ1n) is 7.68. The third-order valence-electron chi connectivity index (χ3n) is 4.31. The molecular formula is C15H20N2O6S. The lowest BCUT2D eigenvalue weighted by molar-refractivity contribution is -0.256. The number of rotatable bonds is 3. The fourth-order valence-corrected chi connectivity index (χ4v) is 4.65. The summed E-state index contributed by atoms with van der Waals surface area (Å²) in [6.45, 7) is 2.63. The fourth-order valence-electron chi connectivity index (χ4n) is 3.03. The van der Waals surface area contributed by atoms with Crippen molar-refractivity contribution >= 4 is 15.9 Å². The van der Waals surface area contributed by atoms with Crippen molar-refractivity contribution in [2.24, 2.45) is 0 Å². The molecule has 3 rings (SSSR count). The third kappa shape index (κ3) is 3.05. The average Bonchev–Trinajstić information content (AvgIpc) is 2.95. The summed E-state index contributed by atoms with van der Waals surface area (Å²) in [6, 6.07) is 5.26. The first kappa shape index (κ1) is 17.3. The molecule has 0 bridgehead atoms. The minimum Gasteiger partial charge on any atom is -0.348 e. The lowest BCUT2D eigenvalue weighted by Gasteiger charge is -2.33. The van der Waals surface area contributed by atoms with Crippen LogP contribution in [-0.4, -0.2) is 55.4 Å². The Kier molecular flexibility index (Phi) is 4.63. The van der Waals surface area contributed by atoms with Crippen molar-refractivity contribution in [2.45, 2.75) is 36.5 Å². The van der Waals surface area contributed by atoms with Gasteiger partial charge in [0.1, 0.15) is 6.04 Å². The number of carbonyl (C=O) groups is 1. The van der Waals surface area contributed by atoms with Crippen molar-refractivity contribution in [3.8, 4) is 0 Å². The molecule has 9 heteroatoms. The molecule has 0 aromatic heterocycles. The van der Waals surface area contributed by atoms with E-state index in [2.05, 4.69) is 0 Å². The fraction of sp³-hybridized carbons (Fsp3) is 0.533. The molecule has 2 fully saturated rings. The zero-order valence-corrected chi connectivity index (χ0v) is 14.1. The standard InChI is InChI=1S/C15H20N2O6S/c1-11-3-5-12(6-4-11)24(20,21)17-10-15(22-7-2-8-23-15)9-13(17)14(18)16-19/h3-6,13,19H,2,7-10H2,1H3,(H,16,18)/t13-/m0/s1. The predicted octanol–water partition coefficient (Wildman–Crippen LogP) is 0.397. The van der Waals surface area contributed by atoms with Crippen molar-refractivity contribution in [3.63, 3.8) is 0 Å². The summed E-state index contributed by atoms with van der Waals surface area (Å²) in [5.74, 6) is -1.95. The number of nitrogens with one attached hydrogen (secondary N) is 1. The Morgan fingerprint density at radius 1 is 1.29 bits per heavy atom. The molecule has 0 aliphatic carbocycles. The van der Waals surface area contributed by atoms with E-state index >= 15 is 0 Å². The van der Waals surface area contributed by atoms with Crippen molar-refractivity contribution in [1.82, 2.24) is 9.79 Å². The van der Waals surface area contributed by atoms with Gasteiger partial charge in [0, 0.05) is 6.42 Å². The number of benzene rings is 1. The van der Waals surface area contributed by atoms with Gasteiger partial charge >= 0.3 is 0 Å². The molecule has 0 saturated carbocycles. The molecule has 132 valence electrons. The summed E-state index contributed by atoms with van der Waals surface area (Å²) in [4.78, 5) is 12.1. The van der Waals surface area contributed by atoms with E-state index in [0.29, 0.717) is 19.6 Å². The Morgan fingerprint density at radius 3 is 2.50 bits per heavy atom. The topological polar surface area (TPSA) is 105 Å². The maximum absolute atomic E-state index is 13.0. The van der Waals surface area contributed by atoms with Crippen molar-refractivity contribution in [3.05, 3.63) is 29.8 Å². The molecule has 1 aromatic carbocycles. The highest BCUT2D eigenvalue weighted by Crippen LogP contribution is 2.37. The second kappa shape index (κ2) is 6.41. The lowest BCUT2D eigenvalue weighted by Crippen LogP contribution is -2.45. The van der Waals surface area contributed by atoms with Crippen molar-refractivity contribution in [1.29, 1.82) is 0 Å². The average molecular weight is 356 g/mol. The minimum atomic E-state index is -3.93. The van der Waals surface area contributed by atoms with Crippen LogP contribution in [0.4, 0.5) is 0 Å². The van der Waals surface area contributed by atoms with Crippen molar-refractivity contribution in [2.75, 3.05) is 19.8 Å². The maximum Gasteiger partial charge on any atom is 0.261 e. The van der Waals surface area contributed by atoms with E-state index in [1.54, 1.807) is 12.1 Å². The van der Waals surface area contributed by atoms with Gasteiger partial charge in [-0.3, -0.25) is 10.0 Å². The lowest BCUT2D eigenvalue weighted by atomic mass is 10.1. The quantitative estimate of drug-likeness (QED) is 0.600. The molecule has 2 heterocycles. The number of sulfonamides is 1. The Balaban J connectivity index is 1.96. The van der Waals surface area contributed by atoms with Gasteiger partial charge in [-0.05, 0) is 25.5 Å². The van der Waals surface area contributed by atoms with E-state index in [1.807, 2.05) is 6.92 Å². The van der Waals surface area contributed by atoms with Crippen molar-refractivity contribution < 1.29 is 27.9 Å². The number of hydroxylamine groups is 1. The van der Waals surface area contributed by atoms with Crippen LogP contribution in [0.3, 0.4) is 0 Å². The van der Waals surface area contributed by atoms with Gasteiger partial charge in [0.15, 0.2) is 5.79 Å².